The van der Waals surface area contributed by atoms with Crippen molar-refractivity contribution >= 4 is 67.3 Å². The second-order valence-electron chi connectivity index (χ2n) is 8.84. The van der Waals surface area contributed by atoms with Crippen LogP contribution in [0.5, 0.6) is 0 Å². The molecule has 0 fully saturated rings. The number of carbonyl (C=O) groups excluding carboxylic acids is 1. The van der Waals surface area contributed by atoms with Gasteiger partial charge in [-0.25, -0.2) is 9.97 Å². The molecule has 1 amide bonds. The molecule has 0 atom stereocenters. The third-order valence-corrected chi connectivity index (χ3v) is 9.08. The molecule has 1 N–H and O–H groups in total. The molecule has 0 saturated heterocycles. The molecule has 3 heterocycles. The number of fused-ring (bicyclic) bond motifs is 1. The lowest BCUT2D eigenvalue weighted by Gasteiger charge is -2.12. The first kappa shape index (κ1) is 26.5. The van der Waals surface area contributed by atoms with E-state index in [2.05, 4.69) is 10.3 Å². The summed E-state index contributed by atoms with van der Waals surface area (Å²) in [6.07, 6.45) is 2.48. The zero-order valence-corrected chi connectivity index (χ0v) is 24.1. The van der Waals surface area contributed by atoms with Crippen LogP contribution in [0.2, 0.25) is 5.02 Å². The van der Waals surface area contributed by atoms with Crippen molar-refractivity contribution in [2.75, 3.05) is 11.1 Å². The van der Waals surface area contributed by atoms with Crippen LogP contribution in [0.15, 0.2) is 106 Å². The minimum absolute atomic E-state index is 0.0772. The van der Waals surface area contributed by atoms with Crippen molar-refractivity contribution in [3.05, 3.63) is 122 Å². The highest BCUT2D eigenvalue weighted by Crippen LogP contribution is 2.33. The lowest BCUT2D eigenvalue weighted by Crippen LogP contribution is -2.22. The van der Waals surface area contributed by atoms with Gasteiger partial charge in [-0.3, -0.25) is 14.2 Å². The number of benzene rings is 3. The SMILES string of the molecule is O=C(CSc1nc2scc(-c3ccccc3)c2c(=O)n1-c1ccccc1)Nc1ncc(Cc2ccc(Cl)cc2)s1. The Balaban J connectivity index is 1.24. The molecule has 0 radical (unpaired) electrons. The van der Waals surface area contributed by atoms with E-state index in [0.717, 1.165) is 21.6 Å². The maximum atomic E-state index is 13.9. The van der Waals surface area contributed by atoms with E-state index in [1.807, 2.05) is 90.3 Å². The van der Waals surface area contributed by atoms with Gasteiger partial charge in [-0.15, -0.1) is 22.7 Å². The molecule has 6 rings (SSSR count). The van der Waals surface area contributed by atoms with Gasteiger partial charge < -0.3 is 5.32 Å². The van der Waals surface area contributed by atoms with E-state index in [9.17, 15) is 9.59 Å². The fraction of sp³-hybridized carbons (Fsp3) is 0.0667. The number of thiazole rings is 1. The maximum absolute atomic E-state index is 13.9. The molecule has 6 nitrogen and oxygen atoms in total. The van der Waals surface area contributed by atoms with Crippen molar-refractivity contribution < 1.29 is 4.79 Å². The summed E-state index contributed by atoms with van der Waals surface area (Å²) in [5, 5.41) is 7.11. The molecule has 40 heavy (non-hydrogen) atoms. The van der Waals surface area contributed by atoms with E-state index in [-0.39, 0.29) is 17.2 Å². The third kappa shape index (κ3) is 5.73. The van der Waals surface area contributed by atoms with Gasteiger partial charge in [-0.05, 0) is 35.4 Å². The molecule has 0 unspecified atom stereocenters. The number of halogens is 1. The van der Waals surface area contributed by atoms with Gasteiger partial charge in [0.25, 0.3) is 5.56 Å². The average molecular weight is 601 g/mol. The van der Waals surface area contributed by atoms with Gasteiger partial charge in [0.15, 0.2) is 10.3 Å². The molecule has 0 aliphatic rings. The quantitative estimate of drug-likeness (QED) is 0.144. The molecule has 198 valence electrons. The zero-order valence-electron chi connectivity index (χ0n) is 20.9. The Labute approximate surface area is 247 Å². The Bertz CT molecular complexity index is 1850. The van der Waals surface area contributed by atoms with E-state index in [1.54, 1.807) is 10.8 Å². The minimum Gasteiger partial charge on any atom is -0.301 e. The van der Waals surface area contributed by atoms with Crippen LogP contribution in [0.1, 0.15) is 10.4 Å². The predicted molar refractivity (Wildman–Crippen MR) is 166 cm³/mol. The molecule has 3 aromatic heterocycles. The number of thioether (sulfide) groups is 1. The van der Waals surface area contributed by atoms with Gasteiger partial charge in [-0.2, -0.15) is 0 Å². The standard InChI is InChI=1S/C30H21ClN4O2S3/c31-21-13-11-19(12-14-21)15-23-16-32-29(40-23)33-25(36)18-39-30-34-27-26(24(17-38-27)20-7-3-1-4-8-20)28(37)35(30)22-9-5-2-6-10-22/h1-14,16-17H,15,18H2,(H,32,33,36). The van der Waals surface area contributed by atoms with Crippen molar-refractivity contribution in [2.24, 2.45) is 0 Å². The van der Waals surface area contributed by atoms with Crippen LogP contribution in [0, 0.1) is 0 Å². The average Bonchev–Trinajstić information content (AvgIpc) is 3.61. The molecule has 0 bridgehead atoms. The van der Waals surface area contributed by atoms with Crippen LogP contribution in [-0.2, 0) is 11.2 Å². The summed E-state index contributed by atoms with van der Waals surface area (Å²) in [4.78, 5) is 37.7. The number of thiophene rings is 1. The van der Waals surface area contributed by atoms with Gasteiger partial charge in [0.1, 0.15) is 4.83 Å². The molecule has 6 aromatic rings. The highest BCUT2D eigenvalue weighted by Gasteiger charge is 2.19. The first-order valence-corrected chi connectivity index (χ1v) is 15.4. The number of aromatic nitrogens is 3. The lowest BCUT2D eigenvalue weighted by molar-refractivity contribution is -0.113. The minimum atomic E-state index is -0.220. The number of amides is 1. The number of nitrogens with zero attached hydrogens (tertiary/aromatic N) is 3. The van der Waals surface area contributed by atoms with Crippen molar-refractivity contribution in [1.82, 2.24) is 14.5 Å². The number of nitrogens with one attached hydrogen (secondary N) is 1. The summed E-state index contributed by atoms with van der Waals surface area (Å²) in [6.45, 7) is 0. The Hall–Kier alpha value is -3.76. The van der Waals surface area contributed by atoms with E-state index < -0.39 is 0 Å². The Morgan fingerprint density at radius 1 is 0.975 bits per heavy atom. The van der Waals surface area contributed by atoms with Gasteiger partial charge in [0.05, 0.1) is 16.8 Å². The largest absolute Gasteiger partial charge is 0.301 e. The monoisotopic (exact) mass is 600 g/mol. The third-order valence-electron chi connectivity index (χ3n) is 6.10. The molecule has 10 heteroatoms. The highest BCUT2D eigenvalue weighted by molar-refractivity contribution is 7.99. The number of carbonyl (C=O) groups is 1. The summed E-state index contributed by atoms with van der Waals surface area (Å²) in [7, 11) is 0. The Morgan fingerprint density at radius 2 is 1.70 bits per heavy atom. The first-order chi connectivity index (χ1) is 19.5. The number of rotatable bonds is 8. The number of para-hydroxylation sites is 1. The summed E-state index contributed by atoms with van der Waals surface area (Å²) in [5.41, 5.74) is 3.47. The van der Waals surface area contributed by atoms with Crippen molar-refractivity contribution in [3.8, 4) is 16.8 Å². The fourth-order valence-corrected chi connectivity index (χ4v) is 7.03. The van der Waals surface area contributed by atoms with Crippen LogP contribution >= 0.6 is 46.0 Å². The maximum Gasteiger partial charge on any atom is 0.268 e. The molecular weight excluding hydrogens is 580 g/mol. The van der Waals surface area contributed by atoms with Gasteiger partial charge >= 0.3 is 0 Å². The van der Waals surface area contributed by atoms with Crippen LogP contribution in [0.4, 0.5) is 5.13 Å². The first-order valence-electron chi connectivity index (χ1n) is 12.3. The van der Waals surface area contributed by atoms with E-state index in [0.29, 0.717) is 37.6 Å². The van der Waals surface area contributed by atoms with Gasteiger partial charge in [-0.1, -0.05) is 84.0 Å². The second-order valence-corrected chi connectivity index (χ2v) is 12.2. The lowest BCUT2D eigenvalue weighted by atomic mass is 10.1. The highest BCUT2D eigenvalue weighted by atomic mass is 35.5. The number of anilines is 1. The van der Waals surface area contributed by atoms with Crippen LogP contribution in [-0.4, -0.2) is 26.2 Å². The molecule has 0 aliphatic carbocycles. The smallest absolute Gasteiger partial charge is 0.268 e. The van der Waals surface area contributed by atoms with Crippen LogP contribution < -0.4 is 10.9 Å². The Morgan fingerprint density at radius 3 is 2.45 bits per heavy atom. The molecule has 0 saturated carbocycles. The van der Waals surface area contributed by atoms with Crippen molar-refractivity contribution in [3.63, 3.8) is 0 Å². The predicted octanol–water partition coefficient (Wildman–Crippen LogP) is 7.55. The van der Waals surface area contributed by atoms with Crippen molar-refractivity contribution in [1.29, 1.82) is 0 Å². The Kier molecular flexibility index (Phi) is 7.79. The number of hydrogen-bond acceptors (Lipinski definition) is 7. The van der Waals surface area contributed by atoms with Crippen molar-refractivity contribution in [2.45, 2.75) is 11.6 Å². The summed E-state index contributed by atoms with van der Waals surface area (Å²) in [6, 6.07) is 26.9. The fourth-order valence-electron chi connectivity index (χ4n) is 4.24. The number of hydrogen-bond donors (Lipinski definition) is 1. The zero-order chi connectivity index (χ0) is 27.5. The summed E-state index contributed by atoms with van der Waals surface area (Å²) in [5.74, 6) is -0.143. The molecule has 3 aromatic carbocycles. The van der Waals surface area contributed by atoms with Gasteiger partial charge in [0, 0.05) is 33.5 Å². The van der Waals surface area contributed by atoms with Crippen LogP contribution in [0.3, 0.4) is 0 Å². The molecular formula is C30H21ClN4O2S3. The van der Waals surface area contributed by atoms with E-state index in [4.69, 9.17) is 16.6 Å². The second kappa shape index (κ2) is 11.8. The van der Waals surface area contributed by atoms with E-state index >= 15 is 0 Å². The van der Waals surface area contributed by atoms with Gasteiger partial charge in [0.2, 0.25) is 5.91 Å². The topological polar surface area (TPSA) is 76.9 Å². The molecule has 0 spiro atoms. The molecule has 0 aliphatic heterocycles. The summed E-state index contributed by atoms with van der Waals surface area (Å²) < 4.78 is 1.59. The normalized spacial score (nSPS) is 11.1. The summed E-state index contributed by atoms with van der Waals surface area (Å²) >= 11 is 10.1. The van der Waals surface area contributed by atoms with E-state index in [1.165, 1.54) is 34.4 Å². The van der Waals surface area contributed by atoms with Crippen LogP contribution in [0.25, 0.3) is 27.0 Å².